The fourth-order valence-electron chi connectivity index (χ4n) is 7.76. The molecule has 6 atom stereocenters. The van der Waals surface area contributed by atoms with E-state index in [1.165, 1.54) is 7.11 Å². The monoisotopic (exact) mass is 468 g/mol. The summed E-state index contributed by atoms with van der Waals surface area (Å²) in [7, 11) is 1.33. The van der Waals surface area contributed by atoms with Gasteiger partial charge in [-0.15, -0.1) is 0 Å². The zero-order valence-corrected chi connectivity index (χ0v) is 20.4. The first-order valence-electron chi connectivity index (χ1n) is 12.1. The van der Waals surface area contributed by atoms with Crippen molar-refractivity contribution in [2.45, 2.75) is 65.9 Å². The number of carbonyl (C=O) groups excluding carboxylic acids is 4. The maximum Gasteiger partial charge on any atom is 0.310 e. The summed E-state index contributed by atoms with van der Waals surface area (Å²) < 4.78 is 16.1. The molecular formula is C27H32O7. The third-order valence-electron chi connectivity index (χ3n) is 9.59. The lowest BCUT2D eigenvalue weighted by atomic mass is 9.41. The summed E-state index contributed by atoms with van der Waals surface area (Å²) in [6.45, 7) is 7.77. The lowest BCUT2D eigenvalue weighted by Crippen LogP contribution is -2.64. The fourth-order valence-corrected chi connectivity index (χ4v) is 7.76. The van der Waals surface area contributed by atoms with Crippen LogP contribution in [0.1, 0.15) is 71.5 Å². The standard InChI is InChI=1S/C27H32O7/c1-25(2)19(12-20(28)32-5)27(4)17-6-8-26(3)18(15(17)10-16(22(25)30)23(27)31)11-21(29)34-24(26)14-7-9-33-13-14/h7,9,13,16-17,19,24H,6,8,10-12H2,1-5H3/t16-,17-,19-,24-,26+,27+/m0/s1. The zero-order valence-electron chi connectivity index (χ0n) is 20.4. The molecule has 34 heavy (non-hydrogen) atoms. The largest absolute Gasteiger partial charge is 0.472 e. The minimum atomic E-state index is -0.884. The average Bonchev–Trinajstić information content (AvgIpc) is 3.32. The van der Waals surface area contributed by atoms with E-state index in [0.717, 1.165) is 29.6 Å². The molecule has 0 N–H and O–H groups in total. The second kappa shape index (κ2) is 7.40. The summed E-state index contributed by atoms with van der Waals surface area (Å²) in [6, 6.07) is 1.82. The van der Waals surface area contributed by atoms with Gasteiger partial charge in [-0.05, 0) is 42.7 Å². The van der Waals surface area contributed by atoms with Crippen LogP contribution >= 0.6 is 0 Å². The minimum Gasteiger partial charge on any atom is -0.472 e. The Bertz CT molecular complexity index is 1110. The smallest absolute Gasteiger partial charge is 0.310 e. The molecule has 7 nitrogen and oxygen atoms in total. The maximum atomic E-state index is 13.8. The number of allylic oxidation sites excluding steroid dienone is 1. The number of esters is 2. The molecule has 1 saturated heterocycles. The fraction of sp³-hybridized carbons (Fsp3) is 0.630. The van der Waals surface area contributed by atoms with Crippen molar-refractivity contribution in [2.75, 3.05) is 7.11 Å². The topological polar surface area (TPSA) is 99.9 Å². The van der Waals surface area contributed by atoms with Crippen molar-refractivity contribution in [1.29, 1.82) is 0 Å². The first kappa shape index (κ1) is 23.1. The molecule has 0 amide bonds. The summed E-state index contributed by atoms with van der Waals surface area (Å²) in [5.74, 6) is -2.26. The van der Waals surface area contributed by atoms with E-state index in [2.05, 4.69) is 6.92 Å². The molecule has 182 valence electrons. The summed E-state index contributed by atoms with van der Waals surface area (Å²) in [5, 5.41) is 0. The van der Waals surface area contributed by atoms with Crippen LogP contribution < -0.4 is 0 Å². The van der Waals surface area contributed by atoms with Crippen LogP contribution in [0.15, 0.2) is 34.2 Å². The number of Topliss-reactive ketones (excluding diaryl/α,β-unsaturated/α-hetero) is 2. The number of ether oxygens (including phenoxy) is 2. The third-order valence-corrected chi connectivity index (χ3v) is 9.59. The van der Waals surface area contributed by atoms with Gasteiger partial charge in [0.1, 0.15) is 17.7 Å². The van der Waals surface area contributed by atoms with Gasteiger partial charge in [-0.2, -0.15) is 0 Å². The number of carbonyl (C=O) groups is 4. The molecule has 3 fully saturated rings. The number of methoxy groups -OCH3 is 1. The Kier molecular flexibility index (Phi) is 5.02. The highest BCUT2D eigenvalue weighted by Crippen LogP contribution is 2.66. The molecule has 3 aliphatic carbocycles. The third kappa shape index (κ3) is 2.88. The molecule has 0 radical (unpaired) electrons. The van der Waals surface area contributed by atoms with E-state index in [1.54, 1.807) is 12.5 Å². The van der Waals surface area contributed by atoms with Crippen LogP contribution in [-0.4, -0.2) is 30.6 Å². The molecular weight excluding hydrogens is 436 g/mol. The van der Waals surface area contributed by atoms with Gasteiger partial charge in [-0.3, -0.25) is 19.2 Å². The van der Waals surface area contributed by atoms with Crippen molar-refractivity contribution in [1.82, 2.24) is 0 Å². The van der Waals surface area contributed by atoms with Gasteiger partial charge in [0, 0.05) is 21.8 Å². The molecule has 2 saturated carbocycles. The Morgan fingerprint density at radius 2 is 1.88 bits per heavy atom. The van der Waals surface area contributed by atoms with E-state index in [9.17, 15) is 19.2 Å². The minimum absolute atomic E-state index is 0.0142. The number of hydrogen-bond acceptors (Lipinski definition) is 7. The van der Waals surface area contributed by atoms with Crippen LogP contribution in [0.3, 0.4) is 0 Å². The number of rotatable bonds is 3. The Balaban J connectivity index is 1.68. The number of fused-ring (bicyclic) bond motifs is 5. The van der Waals surface area contributed by atoms with E-state index < -0.39 is 40.2 Å². The molecule has 1 aromatic rings. The normalized spacial score (nSPS) is 38.7. The van der Waals surface area contributed by atoms with Crippen LogP contribution in [0.4, 0.5) is 0 Å². The van der Waals surface area contributed by atoms with Crippen molar-refractivity contribution in [3.8, 4) is 0 Å². The van der Waals surface area contributed by atoms with Crippen molar-refractivity contribution in [2.24, 2.45) is 34.0 Å². The highest BCUT2D eigenvalue weighted by Gasteiger charge is 2.67. The van der Waals surface area contributed by atoms with Crippen LogP contribution in [0.25, 0.3) is 0 Å². The van der Waals surface area contributed by atoms with E-state index >= 15 is 0 Å². The first-order chi connectivity index (χ1) is 16.0. The van der Waals surface area contributed by atoms with Gasteiger partial charge < -0.3 is 13.9 Å². The SMILES string of the molecule is COC(=O)C[C@H]1C(C)(C)C(=O)[C@@H]2CC3=C4CC(=O)O[C@@H](c5ccoc5)[C@]4(C)CC[C@@H]3[C@@]1(C)C2=O. The van der Waals surface area contributed by atoms with Crippen molar-refractivity contribution in [3.63, 3.8) is 0 Å². The number of ketones is 2. The highest BCUT2D eigenvalue weighted by atomic mass is 16.5. The molecule has 1 aromatic heterocycles. The zero-order chi connectivity index (χ0) is 24.6. The van der Waals surface area contributed by atoms with E-state index in [-0.39, 0.29) is 36.3 Å². The maximum absolute atomic E-state index is 13.8. The van der Waals surface area contributed by atoms with Gasteiger partial charge >= 0.3 is 11.9 Å². The lowest BCUT2D eigenvalue weighted by Gasteiger charge is -2.61. The molecule has 5 rings (SSSR count). The Labute approximate surface area is 199 Å². The molecule has 0 spiro atoms. The van der Waals surface area contributed by atoms with Gasteiger partial charge in [0.2, 0.25) is 0 Å². The van der Waals surface area contributed by atoms with Gasteiger partial charge in [0.25, 0.3) is 0 Å². The average molecular weight is 469 g/mol. The van der Waals surface area contributed by atoms with Crippen LogP contribution in [-0.2, 0) is 28.7 Å². The molecule has 2 bridgehead atoms. The second-order valence-corrected chi connectivity index (χ2v) is 11.4. The molecule has 0 unspecified atom stereocenters. The van der Waals surface area contributed by atoms with E-state index in [0.29, 0.717) is 6.42 Å². The summed E-state index contributed by atoms with van der Waals surface area (Å²) in [6.07, 6.45) is 4.68. The Hall–Kier alpha value is -2.70. The van der Waals surface area contributed by atoms with Crippen molar-refractivity contribution in [3.05, 3.63) is 35.3 Å². The summed E-state index contributed by atoms with van der Waals surface area (Å²) in [5.41, 5.74) is 0.703. The quantitative estimate of drug-likeness (QED) is 0.369. The number of cyclic esters (lactones) is 1. The molecule has 0 aromatic carbocycles. The van der Waals surface area contributed by atoms with E-state index in [4.69, 9.17) is 13.9 Å². The predicted molar refractivity (Wildman–Crippen MR) is 120 cm³/mol. The van der Waals surface area contributed by atoms with Crippen LogP contribution in [0.2, 0.25) is 0 Å². The Morgan fingerprint density at radius 1 is 1.15 bits per heavy atom. The van der Waals surface area contributed by atoms with E-state index in [1.807, 2.05) is 26.8 Å². The van der Waals surface area contributed by atoms with Crippen molar-refractivity contribution >= 4 is 23.5 Å². The number of furan rings is 1. The highest BCUT2D eigenvalue weighted by molar-refractivity contribution is 6.11. The first-order valence-corrected chi connectivity index (χ1v) is 12.1. The molecule has 2 heterocycles. The molecule has 7 heteroatoms. The molecule has 1 aliphatic heterocycles. The predicted octanol–water partition coefficient (Wildman–Crippen LogP) is 4.36. The van der Waals surface area contributed by atoms with Gasteiger partial charge in [-0.25, -0.2) is 0 Å². The van der Waals surface area contributed by atoms with Crippen LogP contribution in [0.5, 0.6) is 0 Å². The lowest BCUT2D eigenvalue weighted by molar-refractivity contribution is -0.172. The van der Waals surface area contributed by atoms with Gasteiger partial charge in [-0.1, -0.05) is 33.3 Å². The molecule has 4 aliphatic rings. The summed E-state index contributed by atoms with van der Waals surface area (Å²) >= 11 is 0. The van der Waals surface area contributed by atoms with Gasteiger partial charge in [0.05, 0.1) is 38.4 Å². The van der Waals surface area contributed by atoms with Gasteiger partial charge in [0.15, 0.2) is 0 Å². The van der Waals surface area contributed by atoms with Crippen molar-refractivity contribution < 1.29 is 33.1 Å². The summed E-state index contributed by atoms with van der Waals surface area (Å²) in [4.78, 5) is 52.6. The second-order valence-electron chi connectivity index (χ2n) is 11.4. The van der Waals surface area contributed by atoms with Crippen LogP contribution in [0, 0.1) is 34.0 Å². The Morgan fingerprint density at radius 3 is 2.53 bits per heavy atom. The number of hydrogen-bond donors (Lipinski definition) is 0.